The molecule has 0 saturated carbocycles. The highest BCUT2D eigenvalue weighted by molar-refractivity contribution is 7.89. The van der Waals surface area contributed by atoms with Crippen LogP contribution < -0.4 is 5.73 Å². The summed E-state index contributed by atoms with van der Waals surface area (Å²) in [6.07, 6.45) is 0.269. The van der Waals surface area contributed by atoms with Gasteiger partial charge in [0.25, 0.3) is 0 Å². The highest BCUT2D eigenvalue weighted by Gasteiger charge is 2.28. The summed E-state index contributed by atoms with van der Waals surface area (Å²) in [7, 11) is -2.13. The Balaban J connectivity index is 2.94. The molecule has 0 aliphatic heterocycles. The van der Waals surface area contributed by atoms with Gasteiger partial charge in [-0.1, -0.05) is 30.9 Å². The molecule has 0 aliphatic rings. The van der Waals surface area contributed by atoms with Crippen LogP contribution in [-0.4, -0.2) is 31.6 Å². The van der Waals surface area contributed by atoms with Crippen molar-refractivity contribution >= 4 is 10.0 Å². The van der Waals surface area contributed by atoms with E-state index in [1.807, 2.05) is 30.3 Å². The Hall–Kier alpha value is -1.86. The van der Waals surface area contributed by atoms with E-state index in [-0.39, 0.29) is 19.5 Å². The standard InChI is InChI=1S/C15H19N3O2S/c1-3-15(11-17)21(19,20)18(2)12-14-7-4-6-13(10-14)8-5-9-16/h4,6-7,10,15H,3,9,12,16H2,1-2H3. The fourth-order valence-corrected chi connectivity index (χ4v) is 3.15. The number of hydrogen-bond donors (Lipinski definition) is 1. The third-order valence-electron chi connectivity index (χ3n) is 2.98. The average Bonchev–Trinajstić information content (AvgIpc) is 2.46. The van der Waals surface area contributed by atoms with E-state index in [2.05, 4.69) is 11.8 Å². The van der Waals surface area contributed by atoms with Crippen LogP contribution in [0.5, 0.6) is 0 Å². The molecule has 1 unspecified atom stereocenters. The third kappa shape index (κ3) is 4.57. The predicted octanol–water partition coefficient (Wildman–Crippen LogP) is 1.06. The lowest BCUT2D eigenvalue weighted by molar-refractivity contribution is 0.460. The van der Waals surface area contributed by atoms with E-state index in [0.717, 1.165) is 11.1 Å². The molecular weight excluding hydrogens is 286 g/mol. The van der Waals surface area contributed by atoms with Crippen LogP contribution in [0, 0.1) is 23.2 Å². The van der Waals surface area contributed by atoms with Crippen molar-refractivity contribution in [3.8, 4) is 17.9 Å². The number of nitriles is 1. The minimum atomic E-state index is -3.61. The first-order valence-corrected chi connectivity index (χ1v) is 8.08. The molecule has 1 atom stereocenters. The van der Waals surface area contributed by atoms with Gasteiger partial charge in [0.2, 0.25) is 10.0 Å². The molecule has 0 heterocycles. The lowest BCUT2D eigenvalue weighted by Gasteiger charge is -2.19. The zero-order valence-corrected chi connectivity index (χ0v) is 13.0. The quantitative estimate of drug-likeness (QED) is 0.824. The summed E-state index contributed by atoms with van der Waals surface area (Å²) >= 11 is 0. The van der Waals surface area contributed by atoms with E-state index in [1.165, 1.54) is 11.4 Å². The molecule has 6 heteroatoms. The van der Waals surface area contributed by atoms with Gasteiger partial charge in [-0.25, -0.2) is 8.42 Å². The Morgan fingerprint density at radius 3 is 2.71 bits per heavy atom. The number of benzene rings is 1. The second kappa shape index (κ2) is 7.80. The third-order valence-corrected chi connectivity index (χ3v) is 5.13. The maximum absolute atomic E-state index is 12.2. The normalized spacial score (nSPS) is 12.3. The van der Waals surface area contributed by atoms with Crippen molar-refractivity contribution in [1.29, 1.82) is 5.26 Å². The summed E-state index contributed by atoms with van der Waals surface area (Å²) < 4.78 is 25.6. The lowest BCUT2D eigenvalue weighted by atomic mass is 10.1. The number of nitrogens with zero attached hydrogens (tertiary/aromatic N) is 2. The molecule has 0 aromatic heterocycles. The molecular formula is C15H19N3O2S. The van der Waals surface area contributed by atoms with Crippen LogP contribution >= 0.6 is 0 Å². The van der Waals surface area contributed by atoms with Crippen molar-refractivity contribution in [3.05, 3.63) is 35.4 Å². The van der Waals surface area contributed by atoms with Crippen molar-refractivity contribution in [1.82, 2.24) is 4.31 Å². The Kier molecular flexibility index (Phi) is 6.39. The summed E-state index contributed by atoms with van der Waals surface area (Å²) in [5.41, 5.74) is 6.93. The Morgan fingerprint density at radius 1 is 1.43 bits per heavy atom. The average molecular weight is 305 g/mol. The van der Waals surface area contributed by atoms with E-state index >= 15 is 0 Å². The summed E-state index contributed by atoms with van der Waals surface area (Å²) in [6.45, 7) is 2.17. The topological polar surface area (TPSA) is 87.2 Å². The van der Waals surface area contributed by atoms with Crippen molar-refractivity contribution in [2.75, 3.05) is 13.6 Å². The van der Waals surface area contributed by atoms with Crippen molar-refractivity contribution < 1.29 is 8.42 Å². The maximum Gasteiger partial charge on any atom is 0.230 e. The fraction of sp³-hybridized carbons (Fsp3) is 0.400. The molecule has 1 aromatic carbocycles. The number of rotatable bonds is 5. The summed E-state index contributed by atoms with van der Waals surface area (Å²) in [5.74, 6) is 5.66. The first-order chi connectivity index (χ1) is 9.95. The predicted molar refractivity (Wildman–Crippen MR) is 82.5 cm³/mol. The summed E-state index contributed by atoms with van der Waals surface area (Å²) in [5, 5.41) is 7.92. The van der Waals surface area contributed by atoms with Crippen LogP contribution in [0.4, 0.5) is 0 Å². The van der Waals surface area contributed by atoms with Crippen molar-refractivity contribution in [2.24, 2.45) is 5.73 Å². The number of nitrogens with two attached hydrogens (primary N) is 1. The Labute approximate surface area is 126 Å². The van der Waals surface area contributed by atoms with Crippen LogP contribution in [0.1, 0.15) is 24.5 Å². The zero-order chi connectivity index (χ0) is 15.9. The fourth-order valence-electron chi connectivity index (χ4n) is 1.83. The minimum Gasteiger partial charge on any atom is -0.320 e. The highest BCUT2D eigenvalue weighted by Crippen LogP contribution is 2.14. The Morgan fingerprint density at radius 2 is 2.14 bits per heavy atom. The van der Waals surface area contributed by atoms with Crippen molar-refractivity contribution in [2.45, 2.75) is 25.1 Å². The largest absolute Gasteiger partial charge is 0.320 e. The van der Waals surface area contributed by atoms with Crippen molar-refractivity contribution in [3.63, 3.8) is 0 Å². The zero-order valence-electron chi connectivity index (χ0n) is 12.2. The van der Waals surface area contributed by atoms with E-state index in [4.69, 9.17) is 11.0 Å². The highest BCUT2D eigenvalue weighted by atomic mass is 32.2. The number of sulfonamides is 1. The van der Waals surface area contributed by atoms with E-state index in [9.17, 15) is 8.42 Å². The first kappa shape index (κ1) is 17.2. The van der Waals surface area contributed by atoms with E-state index in [0.29, 0.717) is 0 Å². The molecule has 0 amide bonds. The second-order valence-corrected chi connectivity index (χ2v) is 6.76. The van der Waals surface area contributed by atoms with Crippen LogP contribution in [-0.2, 0) is 16.6 Å². The van der Waals surface area contributed by atoms with Gasteiger partial charge >= 0.3 is 0 Å². The van der Waals surface area contributed by atoms with Gasteiger partial charge in [0.1, 0.15) is 0 Å². The SMILES string of the molecule is CCC(C#N)S(=O)(=O)N(C)Cc1cccc(C#CCN)c1. The summed E-state index contributed by atoms with van der Waals surface area (Å²) in [6, 6.07) is 9.14. The maximum atomic E-state index is 12.2. The van der Waals surface area contributed by atoms with E-state index in [1.54, 1.807) is 6.92 Å². The molecule has 2 N–H and O–H groups in total. The van der Waals surface area contributed by atoms with Gasteiger partial charge in [-0.15, -0.1) is 0 Å². The van der Waals surface area contributed by atoms with Gasteiger partial charge in [-0.3, -0.25) is 0 Å². The molecule has 1 rings (SSSR count). The molecule has 0 aliphatic carbocycles. The van der Waals surface area contributed by atoms with Gasteiger partial charge in [-0.05, 0) is 24.1 Å². The molecule has 0 spiro atoms. The molecule has 21 heavy (non-hydrogen) atoms. The van der Waals surface area contributed by atoms with Crippen LogP contribution in [0.2, 0.25) is 0 Å². The smallest absolute Gasteiger partial charge is 0.230 e. The lowest BCUT2D eigenvalue weighted by Crippen LogP contribution is -2.34. The molecule has 0 fully saturated rings. The van der Waals surface area contributed by atoms with E-state index < -0.39 is 15.3 Å². The van der Waals surface area contributed by atoms with Gasteiger partial charge < -0.3 is 5.73 Å². The first-order valence-electron chi connectivity index (χ1n) is 6.58. The second-order valence-electron chi connectivity index (χ2n) is 4.53. The number of hydrogen-bond acceptors (Lipinski definition) is 4. The van der Waals surface area contributed by atoms with Gasteiger partial charge in [0.15, 0.2) is 5.25 Å². The van der Waals surface area contributed by atoms with Gasteiger partial charge in [0.05, 0.1) is 12.6 Å². The van der Waals surface area contributed by atoms with Gasteiger partial charge in [-0.2, -0.15) is 9.57 Å². The van der Waals surface area contributed by atoms with Crippen LogP contribution in [0.3, 0.4) is 0 Å². The van der Waals surface area contributed by atoms with Gasteiger partial charge in [0, 0.05) is 19.2 Å². The molecule has 0 radical (unpaired) electrons. The molecule has 5 nitrogen and oxygen atoms in total. The monoisotopic (exact) mass is 305 g/mol. The molecule has 0 saturated heterocycles. The summed E-state index contributed by atoms with van der Waals surface area (Å²) in [4.78, 5) is 0. The van der Waals surface area contributed by atoms with Crippen LogP contribution in [0.25, 0.3) is 0 Å². The molecule has 1 aromatic rings. The molecule has 112 valence electrons. The Bertz CT molecular complexity index is 681. The molecule has 0 bridgehead atoms. The van der Waals surface area contributed by atoms with Crippen LogP contribution in [0.15, 0.2) is 24.3 Å². The minimum absolute atomic E-state index is 0.207.